The molecule has 1 unspecified atom stereocenters. The van der Waals surface area contributed by atoms with Gasteiger partial charge in [0.2, 0.25) is 11.8 Å². The van der Waals surface area contributed by atoms with E-state index in [1.54, 1.807) is 7.11 Å². The Morgan fingerprint density at radius 3 is 2.53 bits per heavy atom. The molecule has 6 heteroatoms. The fourth-order valence-corrected chi connectivity index (χ4v) is 0.992. The van der Waals surface area contributed by atoms with E-state index < -0.39 is 0 Å². The van der Waals surface area contributed by atoms with E-state index in [1.807, 2.05) is 6.92 Å². The Kier molecular flexibility index (Phi) is 7.57. The Labute approximate surface area is 89.5 Å². The average molecular weight is 217 g/mol. The van der Waals surface area contributed by atoms with Gasteiger partial charge in [0.1, 0.15) is 0 Å². The van der Waals surface area contributed by atoms with Gasteiger partial charge < -0.3 is 21.1 Å². The van der Waals surface area contributed by atoms with Gasteiger partial charge in [-0.3, -0.25) is 9.59 Å². The maximum atomic E-state index is 11.3. The highest BCUT2D eigenvalue weighted by atomic mass is 16.5. The lowest BCUT2D eigenvalue weighted by Crippen LogP contribution is -2.44. The van der Waals surface area contributed by atoms with Gasteiger partial charge in [0.15, 0.2) is 0 Å². The molecule has 0 spiro atoms. The van der Waals surface area contributed by atoms with Crippen LogP contribution in [0.3, 0.4) is 0 Å². The molecule has 0 heterocycles. The maximum absolute atomic E-state index is 11.3. The van der Waals surface area contributed by atoms with Crippen LogP contribution < -0.4 is 16.4 Å². The third-order valence-electron chi connectivity index (χ3n) is 1.86. The van der Waals surface area contributed by atoms with E-state index in [1.165, 1.54) is 0 Å². The van der Waals surface area contributed by atoms with Crippen molar-refractivity contribution in [2.45, 2.75) is 19.4 Å². The van der Waals surface area contributed by atoms with Crippen LogP contribution in [0.2, 0.25) is 0 Å². The number of ether oxygens (including phenoxy) is 1. The highest BCUT2D eigenvalue weighted by molar-refractivity contribution is 5.85. The minimum absolute atomic E-state index is 0.0164. The van der Waals surface area contributed by atoms with Crippen LogP contribution in [0.4, 0.5) is 0 Å². The summed E-state index contributed by atoms with van der Waals surface area (Å²) >= 11 is 0. The minimum Gasteiger partial charge on any atom is -0.383 e. The van der Waals surface area contributed by atoms with Gasteiger partial charge in [0.25, 0.3) is 0 Å². The van der Waals surface area contributed by atoms with Crippen molar-refractivity contribution in [3.05, 3.63) is 0 Å². The number of nitrogens with one attached hydrogen (secondary N) is 2. The second-order valence-electron chi connectivity index (χ2n) is 3.11. The molecule has 88 valence electrons. The van der Waals surface area contributed by atoms with Crippen LogP contribution in [0.1, 0.15) is 13.3 Å². The summed E-state index contributed by atoms with van der Waals surface area (Å²) in [6, 6.07) is -0.0164. The smallest absolute Gasteiger partial charge is 0.239 e. The van der Waals surface area contributed by atoms with Crippen molar-refractivity contribution in [3.8, 4) is 0 Å². The highest BCUT2D eigenvalue weighted by Gasteiger charge is 2.10. The quantitative estimate of drug-likeness (QED) is 0.489. The second kappa shape index (κ2) is 8.19. The first-order chi connectivity index (χ1) is 7.13. The van der Waals surface area contributed by atoms with Gasteiger partial charge in [0, 0.05) is 7.11 Å². The van der Waals surface area contributed by atoms with Gasteiger partial charge in [0.05, 0.1) is 25.7 Å². The largest absolute Gasteiger partial charge is 0.383 e. The first-order valence-electron chi connectivity index (χ1n) is 4.89. The highest BCUT2D eigenvalue weighted by Crippen LogP contribution is 1.90. The third-order valence-corrected chi connectivity index (χ3v) is 1.86. The van der Waals surface area contributed by atoms with Crippen molar-refractivity contribution in [1.82, 2.24) is 10.6 Å². The van der Waals surface area contributed by atoms with Gasteiger partial charge in [-0.15, -0.1) is 0 Å². The van der Waals surface area contributed by atoms with Gasteiger partial charge in [-0.1, -0.05) is 6.92 Å². The van der Waals surface area contributed by atoms with Crippen molar-refractivity contribution in [2.75, 3.05) is 26.8 Å². The van der Waals surface area contributed by atoms with E-state index in [2.05, 4.69) is 10.6 Å². The fraction of sp³-hybridized carbons (Fsp3) is 0.778. The summed E-state index contributed by atoms with van der Waals surface area (Å²) in [6.07, 6.45) is 0.782. The Hall–Kier alpha value is -1.14. The summed E-state index contributed by atoms with van der Waals surface area (Å²) in [5.41, 5.74) is 5.07. The molecule has 0 rings (SSSR count). The predicted octanol–water partition coefficient (Wildman–Crippen LogP) is -1.40. The number of carbonyl (C=O) groups excluding carboxylic acids is 2. The first-order valence-corrected chi connectivity index (χ1v) is 4.89. The molecule has 0 fully saturated rings. The molecule has 0 bridgehead atoms. The molecule has 4 N–H and O–H groups in total. The molecule has 0 aromatic heterocycles. The Morgan fingerprint density at radius 1 is 1.40 bits per heavy atom. The molecule has 0 aliphatic carbocycles. The molecule has 1 atom stereocenters. The molecule has 15 heavy (non-hydrogen) atoms. The third kappa shape index (κ3) is 6.87. The van der Waals surface area contributed by atoms with Crippen LogP contribution in [0.25, 0.3) is 0 Å². The summed E-state index contributed by atoms with van der Waals surface area (Å²) in [5, 5.41) is 5.11. The maximum Gasteiger partial charge on any atom is 0.239 e. The normalized spacial score (nSPS) is 11.9. The van der Waals surface area contributed by atoms with Crippen LogP contribution in [0.15, 0.2) is 0 Å². The van der Waals surface area contributed by atoms with Crippen LogP contribution in [-0.2, 0) is 14.3 Å². The molecule has 0 aliphatic heterocycles. The number of nitrogens with two attached hydrogens (primary N) is 1. The monoisotopic (exact) mass is 217 g/mol. The fourth-order valence-electron chi connectivity index (χ4n) is 0.992. The van der Waals surface area contributed by atoms with Gasteiger partial charge in [-0.05, 0) is 6.42 Å². The summed E-state index contributed by atoms with van der Waals surface area (Å²) < 4.78 is 4.92. The van der Waals surface area contributed by atoms with Gasteiger partial charge in [-0.2, -0.15) is 0 Å². The van der Waals surface area contributed by atoms with E-state index in [4.69, 9.17) is 10.5 Å². The molecular weight excluding hydrogens is 198 g/mol. The van der Waals surface area contributed by atoms with E-state index in [9.17, 15) is 9.59 Å². The minimum atomic E-state index is -0.343. The Morgan fingerprint density at radius 2 is 2.07 bits per heavy atom. The lowest BCUT2D eigenvalue weighted by Gasteiger charge is -2.15. The molecule has 0 aliphatic rings. The van der Waals surface area contributed by atoms with Crippen LogP contribution in [0.5, 0.6) is 0 Å². The van der Waals surface area contributed by atoms with Crippen LogP contribution >= 0.6 is 0 Å². The SMILES string of the molecule is CCC(COC)NC(=O)CNC(=O)CN. The summed E-state index contributed by atoms with van der Waals surface area (Å²) in [4.78, 5) is 22.0. The number of hydrogen-bond acceptors (Lipinski definition) is 4. The van der Waals surface area contributed by atoms with Crippen molar-refractivity contribution >= 4 is 11.8 Å². The lowest BCUT2D eigenvalue weighted by atomic mass is 10.2. The molecule has 0 aromatic rings. The van der Waals surface area contributed by atoms with Crippen molar-refractivity contribution in [2.24, 2.45) is 5.73 Å². The summed E-state index contributed by atoms with van der Waals surface area (Å²) in [5.74, 6) is -0.578. The molecule has 0 radical (unpaired) electrons. The van der Waals surface area contributed by atoms with Gasteiger partial charge in [-0.25, -0.2) is 0 Å². The Bertz CT molecular complexity index is 209. The number of rotatable bonds is 7. The number of amides is 2. The molecule has 0 aromatic carbocycles. The van der Waals surface area contributed by atoms with Crippen molar-refractivity contribution in [1.29, 1.82) is 0 Å². The van der Waals surface area contributed by atoms with Crippen LogP contribution in [-0.4, -0.2) is 44.7 Å². The predicted molar refractivity (Wildman–Crippen MR) is 56.2 cm³/mol. The summed E-state index contributed by atoms with van der Waals surface area (Å²) in [7, 11) is 1.57. The van der Waals surface area contributed by atoms with E-state index in [-0.39, 0.29) is 30.9 Å². The number of carbonyl (C=O) groups is 2. The van der Waals surface area contributed by atoms with E-state index in [0.29, 0.717) is 6.61 Å². The number of methoxy groups -OCH3 is 1. The zero-order valence-electron chi connectivity index (χ0n) is 9.21. The summed E-state index contributed by atoms with van der Waals surface area (Å²) in [6.45, 7) is 2.26. The average Bonchev–Trinajstić information content (AvgIpc) is 2.25. The molecular formula is C9H19N3O3. The standard InChI is InChI=1S/C9H19N3O3/c1-3-7(6-15-2)12-9(14)5-11-8(13)4-10/h7H,3-6,10H2,1-2H3,(H,11,13)(H,12,14). The van der Waals surface area contributed by atoms with Crippen LogP contribution in [0, 0.1) is 0 Å². The lowest BCUT2D eigenvalue weighted by molar-refractivity contribution is -0.126. The molecule has 6 nitrogen and oxygen atoms in total. The van der Waals surface area contributed by atoms with Crippen molar-refractivity contribution < 1.29 is 14.3 Å². The molecule has 0 saturated heterocycles. The van der Waals surface area contributed by atoms with E-state index >= 15 is 0 Å². The second-order valence-corrected chi connectivity index (χ2v) is 3.11. The first kappa shape index (κ1) is 13.9. The molecule has 0 saturated carbocycles. The Balaban J connectivity index is 3.75. The zero-order valence-corrected chi connectivity index (χ0v) is 9.21. The zero-order chi connectivity index (χ0) is 11.7. The van der Waals surface area contributed by atoms with Crippen molar-refractivity contribution in [3.63, 3.8) is 0 Å². The number of hydrogen-bond donors (Lipinski definition) is 3. The van der Waals surface area contributed by atoms with E-state index in [0.717, 1.165) is 6.42 Å². The topological polar surface area (TPSA) is 93.5 Å². The van der Waals surface area contributed by atoms with Gasteiger partial charge >= 0.3 is 0 Å². The molecule has 2 amide bonds.